The first kappa shape index (κ1) is 36.8. The van der Waals surface area contributed by atoms with Gasteiger partial charge < -0.3 is 18.5 Å². The quantitative estimate of drug-likeness (QED) is 0.173. The van der Waals surface area contributed by atoms with E-state index in [9.17, 15) is 0 Å². The van der Waals surface area contributed by atoms with Crippen LogP contribution in [0.2, 0.25) is 0 Å². The molecule has 2 aliphatic rings. The standard InChI is InChI=1S/C60H43NO3/c1-59(2)48-17-8-5-12-43(48)44-30-29-41(35-50(44)59)61(40-27-22-37(23-28-40)42-15-11-16-46-45-13-6-9-18-52(45)63-57(42)46)39-25-20-36(21-26-39)38-24-32-54-51(34-38)60(3,4)49-31-33-55-56(58(49)64-54)47-14-7-10-19-53(47)62-55/h5-35H,1-4H3. The highest BCUT2D eigenvalue weighted by Gasteiger charge is 2.37. The molecule has 0 atom stereocenters. The molecule has 0 N–H and O–H groups in total. The molecule has 64 heavy (non-hydrogen) atoms. The van der Waals surface area contributed by atoms with Crippen molar-refractivity contribution in [3.63, 3.8) is 0 Å². The van der Waals surface area contributed by atoms with Crippen molar-refractivity contribution < 1.29 is 13.6 Å². The third kappa shape index (κ3) is 5.29. The van der Waals surface area contributed by atoms with Gasteiger partial charge in [0.25, 0.3) is 0 Å². The molecule has 2 aromatic heterocycles. The summed E-state index contributed by atoms with van der Waals surface area (Å²) in [6.07, 6.45) is 0. The van der Waals surface area contributed by atoms with Crippen LogP contribution in [0.1, 0.15) is 49.9 Å². The Hall–Kier alpha value is -7.82. The van der Waals surface area contributed by atoms with E-state index in [1.807, 2.05) is 24.3 Å². The summed E-state index contributed by atoms with van der Waals surface area (Å²) < 4.78 is 19.5. The van der Waals surface area contributed by atoms with Crippen LogP contribution in [0, 0.1) is 0 Å². The van der Waals surface area contributed by atoms with Crippen LogP contribution in [0.15, 0.2) is 197 Å². The average molecular weight is 826 g/mol. The molecule has 0 saturated heterocycles. The molecule has 4 heteroatoms. The van der Waals surface area contributed by atoms with Gasteiger partial charge in [0.05, 0.1) is 5.39 Å². The van der Waals surface area contributed by atoms with Crippen molar-refractivity contribution in [2.75, 3.05) is 4.90 Å². The zero-order chi connectivity index (χ0) is 42.9. The zero-order valence-electron chi connectivity index (χ0n) is 36.1. The number of ether oxygens (including phenoxy) is 1. The summed E-state index contributed by atoms with van der Waals surface area (Å²) in [5, 5.41) is 4.37. The van der Waals surface area contributed by atoms with Gasteiger partial charge >= 0.3 is 0 Å². The van der Waals surface area contributed by atoms with Gasteiger partial charge in [-0.3, -0.25) is 0 Å². The fraction of sp³-hybridized carbons (Fsp3) is 0.100. The number of para-hydroxylation sites is 3. The van der Waals surface area contributed by atoms with Crippen molar-refractivity contribution in [1.82, 2.24) is 0 Å². The molecule has 0 spiro atoms. The van der Waals surface area contributed by atoms with Crippen molar-refractivity contribution >= 4 is 60.9 Å². The Morgan fingerprint density at radius 1 is 0.375 bits per heavy atom. The number of furan rings is 2. The molecular weight excluding hydrogens is 783 g/mol. The molecule has 0 saturated carbocycles. The van der Waals surface area contributed by atoms with Crippen molar-refractivity contribution in [1.29, 1.82) is 0 Å². The van der Waals surface area contributed by atoms with Gasteiger partial charge in [-0.05, 0) is 106 Å². The lowest BCUT2D eigenvalue weighted by atomic mass is 9.74. The van der Waals surface area contributed by atoms with Gasteiger partial charge in [0.2, 0.25) is 0 Å². The van der Waals surface area contributed by atoms with Crippen LogP contribution < -0.4 is 9.64 Å². The first-order chi connectivity index (χ1) is 31.2. The molecule has 0 fully saturated rings. The third-order valence-corrected chi connectivity index (χ3v) is 14.2. The molecule has 306 valence electrons. The summed E-state index contributed by atoms with van der Waals surface area (Å²) >= 11 is 0. The van der Waals surface area contributed by atoms with E-state index < -0.39 is 0 Å². The monoisotopic (exact) mass is 825 g/mol. The van der Waals surface area contributed by atoms with Gasteiger partial charge in [0.1, 0.15) is 33.8 Å². The van der Waals surface area contributed by atoms with Gasteiger partial charge in [-0.1, -0.05) is 149 Å². The third-order valence-electron chi connectivity index (χ3n) is 14.2. The van der Waals surface area contributed by atoms with E-state index in [1.54, 1.807) is 0 Å². The van der Waals surface area contributed by atoms with Crippen molar-refractivity contribution in [2.24, 2.45) is 0 Å². The molecule has 0 unspecified atom stereocenters. The highest BCUT2D eigenvalue weighted by molar-refractivity contribution is 6.10. The van der Waals surface area contributed by atoms with Crippen LogP contribution >= 0.6 is 0 Å². The van der Waals surface area contributed by atoms with E-state index >= 15 is 0 Å². The minimum absolute atomic E-state index is 0.130. The van der Waals surface area contributed by atoms with Crippen LogP contribution in [-0.4, -0.2) is 0 Å². The Bertz CT molecular complexity index is 3700. The Morgan fingerprint density at radius 2 is 0.984 bits per heavy atom. The predicted octanol–water partition coefficient (Wildman–Crippen LogP) is 17.0. The predicted molar refractivity (Wildman–Crippen MR) is 263 cm³/mol. The number of hydrogen-bond acceptors (Lipinski definition) is 4. The summed E-state index contributed by atoms with van der Waals surface area (Å²) in [6.45, 7) is 9.28. The Balaban J connectivity index is 0.890. The molecule has 3 heterocycles. The second-order valence-electron chi connectivity index (χ2n) is 18.5. The minimum atomic E-state index is -0.300. The van der Waals surface area contributed by atoms with Crippen molar-refractivity contribution in [3.8, 4) is 44.9 Å². The van der Waals surface area contributed by atoms with Crippen molar-refractivity contribution in [3.05, 3.63) is 210 Å². The van der Waals surface area contributed by atoms with Crippen LogP contribution in [-0.2, 0) is 10.8 Å². The van der Waals surface area contributed by atoms with Crippen LogP contribution in [0.4, 0.5) is 17.1 Å². The normalized spacial score (nSPS) is 14.3. The second kappa shape index (κ2) is 13.3. The summed E-state index contributed by atoms with van der Waals surface area (Å²) in [4.78, 5) is 2.38. The van der Waals surface area contributed by atoms with E-state index in [1.165, 1.54) is 22.3 Å². The van der Waals surface area contributed by atoms with Crippen LogP contribution in [0.25, 0.3) is 77.3 Å². The number of nitrogens with zero attached hydrogens (tertiary/aromatic N) is 1. The maximum Gasteiger partial charge on any atom is 0.143 e. The lowest BCUT2D eigenvalue weighted by molar-refractivity contribution is 0.423. The van der Waals surface area contributed by atoms with Gasteiger partial charge in [-0.25, -0.2) is 0 Å². The molecule has 13 rings (SSSR count). The van der Waals surface area contributed by atoms with E-state index in [0.717, 1.165) is 106 Å². The number of anilines is 3. The fourth-order valence-corrected chi connectivity index (χ4v) is 10.8. The Labute approximate surface area is 371 Å². The van der Waals surface area contributed by atoms with E-state index in [-0.39, 0.29) is 10.8 Å². The molecule has 0 bridgehead atoms. The lowest BCUT2D eigenvalue weighted by Crippen LogP contribution is -2.24. The second-order valence-corrected chi connectivity index (χ2v) is 18.5. The van der Waals surface area contributed by atoms with E-state index in [2.05, 4.69) is 196 Å². The van der Waals surface area contributed by atoms with E-state index in [4.69, 9.17) is 13.6 Å². The first-order valence-electron chi connectivity index (χ1n) is 22.2. The maximum atomic E-state index is 6.80. The zero-order valence-corrected chi connectivity index (χ0v) is 36.1. The van der Waals surface area contributed by atoms with Gasteiger partial charge in [0.15, 0.2) is 0 Å². The summed E-state index contributed by atoms with van der Waals surface area (Å²) in [5.74, 6) is 1.76. The first-order valence-corrected chi connectivity index (χ1v) is 22.2. The maximum absolute atomic E-state index is 6.80. The summed E-state index contributed by atoms with van der Waals surface area (Å²) in [5.41, 5.74) is 18.5. The number of benzene rings is 9. The molecule has 0 amide bonds. The van der Waals surface area contributed by atoms with Crippen molar-refractivity contribution in [2.45, 2.75) is 38.5 Å². The molecule has 4 nitrogen and oxygen atoms in total. The lowest BCUT2D eigenvalue weighted by Gasteiger charge is -2.35. The molecule has 1 aliphatic carbocycles. The number of rotatable bonds is 5. The smallest absolute Gasteiger partial charge is 0.143 e. The van der Waals surface area contributed by atoms with Crippen LogP contribution in [0.3, 0.4) is 0 Å². The highest BCUT2D eigenvalue weighted by Crippen LogP contribution is 2.54. The average Bonchev–Trinajstić information content (AvgIpc) is 3.97. The molecule has 11 aromatic rings. The number of hydrogen-bond donors (Lipinski definition) is 0. The Morgan fingerprint density at radius 3 is 1.78 bits per heavy atom. The molecule has 9 aromatic carbocycles. The fourth-order valence-electron chi connectivity index (χ4n) is 10.8. The summed E-state index contributed by atoms with van der Waals surface area (Å²) in [7, 11) is 0. The largest absolute Gasteiger partial charge is 0.456 e. The minimum Gasteiger partial charge on any atom is -0.456 e. The van der Waals surface area contributed by atoms with E-state index in [0.29, 0.717) is 0 Å². The molecule has 0 radical (unpaired) electrons. The van der Waals surface area contributed by atoms with Gasteiger partial charge in [-0.2, -0.15) is 0 Å². The SMILES string of the molecule is CC1(C)c2ccccc2-c2ccc(N(c3ccc(-c4ccc5c(c4)C(C)(C)c4ccc6oc7ccccc7c6c4O5)cc3)c3ccc(-c4cccc5c4oc4ccccc45)cc3)cc21. The molecule has 1 aliphatic heterocycles. The summed E-state index contributed by atoms with van der Waals surface area (Å²) in [6, 6.07) is 67.5. The Kier molecular flexibility index (Phi) is 7.67. The molecular formula is C60H43NO3. The topological polar surface area (TPSA) is 38.8 Å². The highest BCUT2D eigenvalue weighted by atomic mass is 16.5. The number of fused-ring (bicyclic) bond motifs is 12. The van der Waals surface area contributed by atoms with Gasteiger partial charge in [-0.15, -0.1) is 0 Å². The van der Waals surface area contributed by atoms with Crippen LogP contribution in [0.5, 0.6) is 11.5 Å². The van der Waals surface area contributed by atoms with Gasteiger partial charge in [0, 0.05) is 60.7 Å².